The molecule has 110 valence electrons. The van der Waals surface area contributed by atoms with Crippen LogP contribution in [0.25, 0.3) is 0 Å². The summed E-state index contributed by atoms with van der Waals surface area (Å²) < 4.78 is 0. The van der Waals surface area contributed by atoms with Gasteiger partial charge in [-0.3, -0.25) is 9.69 Å². The normalized spacial score (nSPS) is 45.1. The highest BCUT2D eigenvalue weighted by molar-refractivity contribution is 5.71. The summed E-state index contributed by atoms with van der Waals surface area (Å²) in [6, 6.07) is 0.773. The minimum absolute atomic E-state index is 0.156. The van der Waals surface area contributed by atoms with Gasteiger partial charge in [0.2, 0.25) is 0 Å². The van der Waals surface area contributed by atoms with Crippen molar-refractivity contribution in [1.29, 1.82) is 0 Å². The van der Waals surface area contributed by atoms with Gasteiger partial charge in [-0.25, -0.2) is 0 Å². The molecule has 6 unspecified atom stereocenters. The van der Waals surface area contributed by atoms with Crippen molar-refractivity contribution in [2.24, 2.45) is 23.7 Å². The molecular weight excluding hydrogens is 238 g/mol. The Morgan fingerprint density at radius 1 is 1.05 bits per heavy atom. The van der Waals surface area contributed by atoms with Crippen LogP contribution in [0.3, 0.4) is 0 Å². The van der Waals surface area contributed by atoms with E-state index in [1.807, 2.05) is 0 Å². The standard InChI is InChI=1S/C16H29NO2/c1-10-5-6-14(16(18)19)15(8-10)17-9-11(2)7-12(3)13(17)4/h10-15H,5-9H2,1-4H3,(H,18,19). The number of nitrogens with zero attached hydrogens (tertiary/aromatic N) is 1. The minimum atomic E-state index is -0.588. The first-order valence-electron chi connectivity index (χ1n) is 7.88. The van der Waals surface area contributed by atoms with Crippen molar-refractivity contribution in [2.45, 2.75) is 65.5 Å². The summed E-state index contributed by atoms with van der Waals surface area (Å²) in [5, 5.41) is 9.52. The van der Waals surface area contributed by atoms with E-state index in [0.29, 0.717) is 23.8 Å². The lowest BCUT2D eigenvalue weighted by molar-refractivity contribution is -0.147. The molecule has 6 atom stereocenters. The van der Waals surface area contributed by atoms with Crippen LogP contribution in [-0.4, -0.2) is 34.6 Å². The molecule has 3 nitrogen and oxygen atoms in total. The van der Waals surface area contributed by atoms with Crippen molar-refractivity contribution < 1.29 is 9.90 Å². The molecule has 1 aliphatic heterocycles. The zero-order valence-electron chi connectivity index (χ0n) is 12.8. The summed E-state index contributed by atoms with van der Waals surface area (Å²) in [5.41, 5.74) is 0. The molecule has 3 heteroatoms. The Hall–Kier alpha value is -0.570. The molecule has 0 bridgehead atoms. The highest BCUT2D eigenvalue weighted by atomic mass is 16.4. The lowest BCUT2D eigenvalue weighted by Crippen LogP contribution is -2.56. The second kappa shape index (κ2) is 5.82. The second-order valence-corrected chi connectivity index (χ2v) is 7.19. The van der Waals surface area contributed by atoms with Crippen molar-refractivity contribution in [1.82, 2.24) is 4.90 Å². The molecule has 0 aromatic carbocycles. The average Bonchev–Trinajstić information content (AvgIpc) is 2.33. The Balaban J connectivity index is 2.17. The van der Waals surface area contributed by atoms with Gasteiger partial charge < -0.3 is 5.11 Å². The number of rotatable bonds is 2. The molecule has 0 aromatic heterocycles. The van der Waals surface area contributed by atoms with E-state index in [0.717, 1.165) is 25.8 Å². The van der Waals surface area contributed by atoms with Gasteiger partial charge in [0.1, 0.15) is 0 Å². The number of aliphatic carboxylic acids is 1. The third-order valence-corrected chi connectivity index (χ3v) is 5.47. The topological polar surface area (TPSA) is 40.5 Å². The SMILES string of the molecule is CC1CCC(C(=O)O)C(N2CC(C)CC(C)C2C)C1. The van der Waals surface area contributed by atoms with Crippen LogP contribution < -0.4 is 0 Å². The fourth-order valence-electron chi connectivity index (χ4n) is 4.20. The van der Waals surface area contributed by atoms with Gasteiger partial charge in [-0.05, 0) is 50.4 Å². The van der Waals surface area contributed by atoms with Gasteiger partial charge in [-0.2, -0.15) is 0 Å². The van der Waals surface area contributed by atoms with Crippen LogP contribution >= 0.6 is 0 Å². The summed E-state index contributed by atoms with van der Waals surface area (Å²) in [6.45, 7) is 10.3. The third-order valence-electron chi connectivity index (χ3n) is 5.47. The molecule has 2 aliphatic rings. The highest BCUT2D eigenvalue weighted by Crippen LogP contribution is 2.37. The fraction of sp³-hybridized carbons (Fsp3) is 0.938. The first-order valence-corrected chi connectivity index (χ1v) is 7.88. The van der Waals surface area contributed by atoms with E-state index in [1.54, 1.807) is 0 Å². The van der Waals surface area contributed by atoms with Crippen LogP contribution in [0.1, 0.15) is 53.4 Å². The van der Waals surface area contributed by atoms with Crippen molar-refractivity contribution in [2.75, 3.05) is 6.54 Å². The maximum absolute atomic E-state index is 11.6. The van der Waals surface area contributed by atoms with Gasteiger partial charge in [-0.15, -0.1) is 0 Å². The molecule has 2 rings (SSSR count). The van der Waals surface area contributed by atoms with Gasteiger partial charge >= 0.3 is 5.97 Å². The van der Waals surface area contributed by atoms with Crippen molar-refractivity contribution in [3.8, 4) is 0 Å². The fourth-order valence-corrected chi connectivity index (χ4v) is 4.20. The molecule has 19 heavy (non-hydrogen) atoms. The van der Waals surface area contributed by atoms with E-state index >= 15 is 0 Å². The minimum Gasteiger partial charge on any atom is -0.481 e. The van der Waals surface area contributed by atoms with Crippen LogP contribution in [0, 0.1) is 23.7 Å². The van der Waals surface area contributed by atoms with E-state index in [-0.39, 0.29) is 12.0 Å². The van der Waals surface area contributed by atoms with Crippen LogP contribution in [0.2, 0.25) is 0 Å². The predicted molar refractivity (Wildman–Crippen MR) is 77.0 cm³/mol. The first kappa shape index (κ1) is 14.8. The number of piperidine rings is 1. The number of carboxylic acids is 1. The molecule has 2 fully saturated rings. The smallest absolute Gasteiger partial charge is 0.308 e. The average molecular weight is 267 g/mol. The quantitative estimate of drug-likeness (QED) is 0.835. The molecule has 1 heterocycles. The first-order chi connectivity index (χ1) is 8.90. The second-order valence-electron chi connectivity index (χ2n) is 7.19. The van der Waals surface area contributed by atoms with Crippen molar-refractivity contribution >= 4 is 5.97 Å². The van der Waals surface area contributed by atoms with E-state index in [9.17, 15) is 9.90 Å². The number of carboxylic acid groups (broad SMARTS) is 1. The van der Waals surface area contributed by atoms with Gasteiger partial charge in [0.15, 0.2) is 0 Å². The predicted octanol–water partition coefficient (Wildman–Crippen LogP) is 3.24. The number of carbonyl (C=O) groups is 1. The van der Waals surface area contributed by atoms with E-state index in [4.69, 9.17) is 0 Å². The van der Waals surface area contributed by atoms with Gasteiger partial charge in [0, 0.05) is 18.6 Å². The molecule has 0 aromatic rings. The molecule has 0 spiro atoms. The van der Waals surface area contributed by atoms with Gasteiger partial charge in [0.05, 0.1) is 5.92 Å². The van der Waals surface area contributed by atoms with Crippen LogP contribution in [0.5, 0.6) is 0 Å². The zero-order chi connectivity index (χ0) is 14.2. The summed E-state index contributed by atoms with van der Waals surface area (Å²) >= 11 is 0. The van der Waals surface area contributed by atoms with E-state index < -0.39 is 5.97 Å². The Morgan fingerprint density at radius 3 is 2.37 bits per heavy atom. The summed E-state index contributed by atoms with van der Waals surface area (Å²) in [5.74, 6) is 1.29. The van der Waals surface area contributed by atoms with E-state index in [1.165, 1.54) is 6.42 Å². The molecule has 1 saturated heterocycles. The maximum atomic E-state index is 11.6. The summed E-state index contributed by atoms with van der Waals surface area (Å²) in [7, 11) is 0. The largest absolute Gasteiger partial charge is 0.481 e. The molecule has 1 aliphatic carbocycles. The van der Waals surface area contributed by atoms with Gasteiger partial charge in [0.25, 0.3) is 0 Å². The van der Waals surface area contributed by atoms with Crippen LogP contribution in [-0.2, 0) is 4.79 Å². The van der Waals surface area contributed by atoms with Gasteiger partial charge in [-0.1, -0.05) is 20.8 Å². The molecule has 1 N–H and O–H groups in total. The highest BCUT2D eigenvalue weighted by Gasteiger charge is 2.41. The zero-order valence-corrected chi connectivity index (χ0v) is 12.8. The Kier molecular flexibility index (Phi) is 4.54. The molecule has 1 saturated carbocycles. The molecule has 0 radical (unpaired) electrons. The summed E-state index contributed by atoms with van der Waals surface area (Å²) in [6.07, 6.45) is 4.26. The number of hydrogen-bond acceptors (Lipinski definition) is 2. The third kappa shape index (κ3) is 3.13. The molecule has 0 amide bonds. The van der Waals surface area contributed by atoms with Crippen molar-refractivity contribution in [3.05, 3.63) is 0 Å². The lowest BCUT2D eigenvalue weighted by atomic mass is 9.75. The van der Waals surface area contributed by atoms with E-state index in [2.05, 4.69) is 32.6 Å². The number of hydrogen-bond donors (Lipinski definition) is 1. The Bertz CT molecular complexity index is 331. The maximum Gasteiger partial charge on any atom is 0.308 e. The number of likely N-dealkylation sites (tertiary alicyclic amines) is 1. The monoisotopic (exact) mass is 267 g/mol. The Labute approximate surface area is 117 Å². The molecular formula is C16H29NO2. The van der Waals surface area contributed by atoms with Crippen LogP contribution in [0.4, 0.5) is 0 Å². The van der Waals surface area contributed by atoms with Crippen molar-refractivity contribution in [3.63, 3.8) is 0 Å². The van der Waals surface area contributed by atoms with Crippen LogP contribution in [0.15, 0.2) is 0 Å². The Morgan fingerprint density at radius 2 is 1.74 bits per heavy atom. The summed E-state index contributed by atoms with van der Waals surface area (Å²) in [4.78, 5) is 14.1. The lowest BCUT2D eigenvalue weighted by Gasteiger charge is -2.49.